The van der Waals surface area contributed by atoms with Gasteiger partial charge in [-0.25, -0.2) is 12.7 Å². The molecule has 0 aromatic heterocycles. The average molecular weight is 372 g/mol. The van der Waals surface area contributed by atoms with Crippen molar-refractivity contribution in [2.45, 2.75) is 24.7 Å². The molecule has 0 aliphatic rings. The second kappa shape index (κ2) is 9.31. The molecule has 5 nitrogen and oxygen atoms in total. The normalized spacial score (nSPS) is 11.8. The topological polar surface area (TPSA) is 66.5 Å². The van der Waals surface area contributed by atoms with Gasteiger partial charge in [-0.15, -0.1) is 0 Å². The van der Waals surface area contributed by atoms with Crippen LogP contribution in [0.2, 0.25) is 0 Å². The Bertz CT molecular complexity index is 844. The van der Waals surface area contributed by atoms with Crippen LogP contribution in [0.1, 0.15) is 25.3 Å². The minimum atomic E-state index is -3.50. The van der Waals surface area contributed by atoms with E-state index >= 15 is 0 Å². The predicted molar refractivity (Wildman–Crippen MR) is 105 cm³/mol. The second-order valence-corrected chi connectivity index (χ2v) is 7.98. The summed E-state index contributed by atoms with van der Waals surface area (Å²) < 4.78 is 26.3. The highest BCUT2D eigenvalue weighted by Gasteiger charge is 2.19. The van der Waals surface area contributed by atoms with Crippen LogP contribution in [0.25, 0.3) is 6.08 Å². The van der Waals surface area contributed by atoms with Gasteiger partial charge in [0.2, 0.25) is 15.9 Å². The van der Waals surface area contributed by atoms with Gasteiger partial charge < -0.3 is 5.32 Å². The molecule has 0 atom stereocenters. The molecule has 2 aromatic rings. The lowest BCUT2D eigenvalue weighted by Gasteiger charge is -2.17. The molecule has 6 heteroatoms. The summed E-state index contributed by atoms with van der Waals surface area (Å²) >= 11 is 0. The third kappa shape index (κ3) is 5.54. The van der Waals surface area contributed by atoms with Crippen molar-refractivity contribution in [3.8, 4) is 0 Å². The molecule has 0 aliphatic carbocycles. The van der Waals surface area contributed by atoms with Crippen molar-refractivity contribution in [3.63, 3.8) is 0 Å². The van der Waals surface area contributed by atoms with Gasteiger partial charge in [0.05, 0.1) is 4.90 Å². The van der Waals surface area contributed by atoms with Gasteiger partial charge in [-0.3, -0.25) is 4.79 Å². The highest BCUT2D eigenvalue weighted by molar-refractivity contribution is 7.89. The molecule has 0 saturated carbocycles. The smallest absolute Gasteiger partial charge is 0.248 e. The first-order chi connectivity index (χ1) is 12.4. The number of amides is 1. The summed E-state index contributed by atoms with van der Waals surface area (Å²) in [5.74, 6) is -0.274. The van der Waals surface area contributed by atoms with E-state index in [2.05, 4.69) is 5.32 Å². The van der Waals surface area contributed by atoms with Crippen LogP contribution in [0, 0.1) is 0 Å². The van der Waals surface area contributed by atoms with Crippen molar-refractivity contribution in [1.29, 1.82) is 0 Å². The number of nitrogens with one attached hydrogen (secondary N) is 1. The molecule has 0 saturated heterocycles. The third-order valence-electron chi connectivity index (χ3n) is 3.88. The quantitative estimate of drug-likeness (QED) is 0.718. The van der Waals surface area contributed by atoms with Crippen LogP contribution in [-0.4, -0.2) is 32.2 Å². The molecule has 0 heterocycles. The number of hydrogen-bond donors (Lipinski definition) is 1. The molecule has 138 valence electrons. The van der Waals surface area contributed by atoms with E-state index in [4.69, 9.17) is 0 Å². The van der Waals surface area contributed by atoms with E-state index in [1.165, 1.54) is 22.5 Å². The number of unbranched alkanes of at least 4 members (excludes halogenated alkanes) is 1. The first-order valence-corrected chi connectivity index (χ1v) is 9.98. The van der Waals surface area contributed by atoms with Crippen molar-refractivity contribution in [2.75, 3.05) is 18.9 Å². The summed E-state index contributed by atoms with van der Waals surface area (Å²) in [6.45, 7) is 2.51. The SMILES string of the molecule is CCCCN(C)S(=O)(=O)c1ccc(NC(=O)/C=C/c2ccccc2)cc1. The molecular formula is C20H24N2O3S. The molecule has 26 heavy (non-hydrogen) atoms. The molecule has 0 spiro atoms. The molecule has 0 fully saturated rings. The Labute approximate surface area is 155 Å². The van der Waals surface area contributed by atoms with Crippen molar-refractivity contribution in [1.82, 2.24) is 4.31 Å². The lowest BCUT2D eigenvalue weighted by atomic mass is 10.2. The van der Waals surface area contributed by atoms with Gasteiger partial charge >= 0.3 is 0 Å². The van der Waals surface area contributed by atoms with E-state index in [0.29, 0.717) is 12.2 Å². The number of benzene rings is 2. The highest BCUT2D eigenvalue weighted by atomic mass is 32.2. The van der Waals surface area contributed by atoms with Crippen LogP contribution in [0.5, 0.6) is 0 Å². The van der Waals surface area contributed by atoms with Gasteiger partial charge in [-0.05, 0) is 42.3 Å². The Morgan fingerprint density at radius 2 is 1.73 bits per heavy atom. The number of nitrogens with zero attached hydrogens (tertiary/aromatic N) is 1. The Morgan fingerprint density at radius 3 is 2.35 bits per heavy atom. The van der Waals surface area contributed by atoms with Crippen molar-refractivity contribution in [3.05, 3.63) is 66.2 Å². The molecule has 0 radical (unpaired) electrons. The largest absolute Gasteiger partial charge is 0.323 e. The minimum Gasteiger partial charge on any atom is -0.323 e. The van der Waals surface area contributed by atoms with E-state index in [1.807, 2.05) is 37.3 Å². The van der Waals surface area contributed by atoms with Gasteiger partial charge in [0.1, 0.15) is 0 Å². The summed E-state index contributed by atoms with van der Waals surface area (Å²) in [6, 6.07) is 15.7. The van der Waals surface area contributed by atoms with E-state index in [9.17, 15) is 13.2 Å². The van der Waals surface area contributed by atoms with Gasteiger partial charge in [0.15, 0.2) is 0 Å². The zero-order chi connectivity index (χ0) is 19.0. The zero-order valence-corrected chi connectivity index (χ0v) is 15.9. The summed E-state index contributed by atoms with van der Waals surface area (Å²) in [5.41, 5.74) is 1.47. The molecule has 2 rings (SSSR count). The van der Waals surface area contributed by atoms with Crippen LogP contribution >= 0.6 is 0 Å². The molecular weight excluding hydrogens is 348 g/mol. The number of carbonyl (C=O) groups is 1. The Hall–Kier alpha value is -2.44. The maximum absolute atomic E-state index is 12.5. The zero-order valence-electron chi connectivity index (χ0n) is 15.1. The fourth-order valence-electron chi connectivity index (χ4n) is 2.31. The molecule has 0 unspecified atom stereocenters. The molecule has 1 N–H and O–H groups in total. The molecule has 1 amide bonds. The van der Waals surface area contributed by atoms with Crippen LogP contribution in [0.4, 0.5) is 5.69 Å². The Kier molecular flexibility index (Phi) is 7.12. The van der Waals surface area contributed by atoms with E-state index in [-0.39, 0.29) is 10.8 Å². The minimum absolute atomic E-state index is 0.217. The van der Waals surface area contributed by atoms with Crippen molar-refractivity contribution < 1.29 is 13.2 Å². The maximum atomic E-state index is 12.5. The number of carbonyl (C=O) groups excluding carboxylic acids is 1. The van der Waals surface area contributed by atoms with Crippen molar-refractivity contribution >= 4 is 27.7 Å². The van der Waals surface area contributed by atoms with Gasteiger partial charge in [-0.2, -0.15) is 0 Å². The van der Waals surface area contributed by atoms with E-state index < -0.39 is 10.0 Å². The second-order valence-electron chi connectivity index (χ2n) is 5.94. The monoisotopic (exact) mass is 372 g/mol. The Morgan fingerprint density at radius 1 is 1.08 bits per heavy atom. The number of rotatable bonds is 8. The standard InChI is InChI=1S/C20H24N2O3S/c1-3-4-16-22(2)26(24,25)19-13-11-18(12-14-19)21-20(23)15-10-17-8-6-5-7-9-17/h5-15H,3-4,16H2,1-2H3,(H,21,23)/b15-10+. The highest BCUT2D eigenvalue weighted by Crippen LogP contribution is 2.18. The Balaban J connectivity index is 2.00. The van der Waals surface area contributed by atoms with Gasteiger partial charge in [-0.1, -0.05) is 43.7 Å². The fourth-order valence-corrected chi connectivity index (χ4v) is 3.52. The van der Waals surface area contributed by atoms with Gasteiger partial charge in [0.25, 0.3) is 0 Å². The maximum Gasteiger partial charge on any atom is 0.248 e. The molecule has 2 aromatic carbocycles. The van der Waals surface area contributed by atoms with Crippen LogP contribution in [-0.2, 0) is 14.8 Å². The van der Waals surface area contributed by atoms with E-state index in [0.717, 1.165) is 18.4 Å². The van der Waals surface area contributed by atoms with E-state index in [1.54, 1.807) is 25.3 Å². The van der Waals surface area contributed by atoms with Gasteiger partial charge in [0, 0.05) is 25.4 Å². The summed E-state index contributed by atoms with van der Waals surface area (Å²) in [7, 11) is -1.92. The number of hydrogen-bond acceptors (Lipinski definition) is 3. The molecule has 0 bridgehead atoms. The number of sulfonamides is 1. The fraction of sp³-hybridized carbons (Fsp3) is 0.250. The van der Waals surface area contributed by atoms with Crippen LogP contribution in [0.15, 0.2) is 65.6 Å². The van der Waals surface area contributed by atoms with Crippen LogP contribution < -0.4 is 5.32 Å². The predicted octanol–water partition coefficient (Wildman–Crippen LogP) is 3.76. The number of anilines is 1. The first kappa shape index (κ1) is 19.9. The molecule has 0 aliphatic heterocycles. The summed E-state index contributed by atoms with van der Waals surface area (Å²) in [5, 5.41) is 2.72. The first-order valence-electron chi connectivity index (χ1n) is 8.54. The summed E-state index contributed by atoms with van der Waals surface area (Å²) in [4.78, 5) is 12.2. The lowest BCUT2D eigenvalue weighted by Crippen LogP contribution is -2.27. The average Bonchev–Trinajstić information content (AvgIpc) is 2.65. The third-order valence-corrected chi connectivity index (χ3v) is 5.75. The van der Waals surface area contributed by atoms with Crippen LogP contribution in [0.3, 0.4) is 0 Å². The summed E-state index contributed by atoms with van der Waals surface area (Å²) in [6.07, 6.45) is 4.91. The van der Waals surface area contributed by atoms with Crippen molar-refractivity contribution in [2.24, 2.45) is 0 Å². The lowest BCUT2D eigenvalue weighted by molar-refractivity contribution is -0.111.